The first kappa shape index (κ1) is 20.7. The number of nitrogens with zero attached hydrogens (tertiary/aromatic N) is 3. The molecule has 4 rings (SSSR count). The molecule has 3 aromatic rings. The van der Waals surface area contributed by atoms with Crippen LogP contribution in [-0.2, 0) is 14.9 Å². The van der Waals surface area contributed by atoms with Crippen LogP contribution in [0.4, 0.5) is 0 Å². The fourth-order valence-electron chi connectivity index (χ4n) is 3.54. The zero-order valence-corrected chi connectivity index (χ0v) is 17.8. The number of fused-ring (bicyclic) bond motifs is 1. The maximum Gasteiger partial charge on any atom is 0.346 e. The number of aromatic nitrogens is 2. The predicted molar refractivity (Wildman–Crippen MR) is 112 cm³/mol. The number of phenols is 1. The van der Waals surface area contributed by atoms with Gasteiger partial charge in [0.2, 0.25) is 0 Å². The van der Waals surface area contributed by atoms with Crippen LogP contribution in [0.1, 0.15) is 36.7 Å². The van der Waals surface area contributed by atoms with E-state index in [2.05, 4.69) is 11.1 Å². The van der Waals surface area contributed by atoms with Crippen LogP contribution >= 0.6 is 0 Å². The fraction of sp³-hybridized carbons (Fsp3) is 0.348. The van der Waals surface area contributed by atoms with Crippen molar-refractivity contribution in [3.05, 3.63) is 47.8 Å². The Hall–Kier alpha value is -3.57. The van der Waals surface area contributed by atoms with E-state index < -0.39 is 17.0 Å². The number of hydrogen-bond acceptors (Lipinski definition) is 7. The number of imidazole rings is 1. The molecule has 0 spiro atoms. The van der Waals surface area contributed by atoms with Gasteiger partial charge in [0.25, 0.3) is 0 Å². The van der Waals surface area contributed by atoms with Gasteiger partial charge in [-0.15, -0.1) is 0 Å². The number of benzene rings is 1. The van der Waals surface area contributed by atoms with Crippen LogP contribution in [0, 0.1) is 11.3 Å². The number of pyridine rings is 1. The lowest BCUT2D eigenvalue weighted by Crippen LogP contribution is -2.45. The van der Waals surface area contributed by atoms with Crippen molar-refractivity contribution < 1.29 is 24.1 Å². The first-order chi connectivity index (χ1) is 14.7. The summed E-state index contributed by atoms with van der Waals surface area (Å²) in [6.45, 7) is 5.99. The summed E-state index contributed by atoms with van der Waals surface area (Å²) in [6.07, 6.45) is 3.49. The maximum absolute atomic E-state index is 12.5. The number of nitriles is 1. The van der Waals surface area contributed by atoms with Crippen molar-refractivity contribution >= 4 is 11.6 Å². The zero-order chi connectivity index (χ0) is 22.4. The number of esters is 1. The number of ether oxygens (including phenoxy) is 3. The van der Waals surface area contributed by atoms with E-state index in [-0.39, 0.29) is 17.1 Å². The highest BCUT2D eigenvalue weighted by molar-refractivity contribution is 5.97. The molecule has 160 valence electrons. The first-order valence-corrected chi connectivity index (χ1v) is 9.79. The molecule has 1 fully saturated rings. The van der Waals surface area contributed by atoms with Crippen LogP contribution in [0.15, 0.2) is 36.7 Å². The standard InChI is InChI=1S/C23H23N3O5/c1-22(2,3)31-21(28)20-17(27)7-14(8-18(20)29-4)16-10-25-19-9-15(5-6-26(16)19)23(11-24)12-30-13-23/h5-10,27H,12-13H2,1-4H3. The lowest BCUT2D eigenvalue weighted by atomic mass is 9.81. The molecule has 1 N–H and O–H groups in total. The molecule has 0 aliphatic carbocycles. The Kier molecular flexibility index (Phi) is 4.86. The lowest BCUT2D eigenvalue weighted by Gasteiger charge is -2.35. The SMILES string of the molecule is COc1cc(-c2cnc3cc(C4(C#N)COC4)ccn23)cc(O)c1C(=O)OC(C)(C)C. The number of methoxy groups -OCH3 is 1. The molecule has 3 heterocycles. The molecular formula is C23H23N3O5. The van der Waals surface area contributed by atoms with E-state index in [1.54, 1.807) is 33.0 Å². The van der Waals surface area contributed by atoms with Crippen molar-refractivity contribution in [1.82, 2.24) is 9.38 Å². The molecule has 2 aromatic heterocycles. The summed E-state index contributed by atoms with van der Waals surface area (Å²) >= 11 is 0. The molecule has 0 saturated carbocycles. The molecule has 31 heavy (non-hydrogen) atoms. The van der Waals surface area contributed by atoms with Gasteiger partial charge in [0.15, 0.2) is 0 Å². The summed E-state index contributed by atoms with van der Waals surface area (Å²) in [5, 5.41) is 20.1. The molecule has 0 atom stereocenters. The highest BCUT2D eigenvalue weighted by Crippen LogP contribution is 2.37. The van der Waals surface area contributed by atoms with E-state index >= 15 is 0 Å². The molecule has 1 aliphatic heterocycles. The first-order valence-electron chi connectivity index (χ1n) is 9.79. The normalized spacial score (nSPS) is 15.2. The Bertz CT molecular complexity index is 1210. The van der Waals surface area contributed by atoms with E-state index in [9.17, 15) is 15.2 Å². The highest BCUT2D eigenvalue weighted by atomic mass is 16.6. The number of carbonyl (C=O) groups excluding carboxylic acids is 1. The van der Waals surface area contributed by atoms with E-state index in [1.165, 1.54) is 13.2 Å². The molecule has 0 unspecified atom stereocenters. The van der Waals surface area contributed by atoms with E-state index in [4.69, 9.17) is 14.2 Å². The Labute approximate surface area is 179 Å². The zero-order valence-electron chi connectivity index (χ0n) is 17.8. The van der Waals surface area contributed by atoms with Crippen molar-refractivity contribution in [2.75, 3.05) is 20.3 Å². The minimum Gasteiger partial charge on any atom is -0.507 e. The number of aromatic hydroxyl groups is 1. The summed E-state index contributed by atoms with van der Waals surface area (Å²) in [5.41, 5.74) is 1.45. The molecule has 1 aromatic carbocycles. The second-order valence-corrected chi connectivity index (χ2v) is 8.55. The number of hydrogen-bond donors (Lipinski definition) is 1. The second kappa shape index (κ2) is 7.29. The Morgan fingerprint density at radius 1 is 1.32 bits per heavy atom. The summed E-state index contributed by atoms with van der Waals surface area (Å²) in [6, 6.07) is 9.21. The van der Waals surface area contributed by atoms with Gasteiger partial charge in [-0.25, -0.2) is 9.78 Å². The van der Waals surface area contributed by atoms with E-state index in [0.29, 0.717) is 30.1 Å². The fourth-order valence-corrected chi connectivity index (χ4v) is 3.54. The molecule has 0 bridgehead atoms. The smallest absolute Gasteiger partial charge is 0.346 e. The average molecular weight is 421 g/mol. The van der Waals surface area contributed by atoms with Gasteiger partial charge in [-0.05, 0) is 50.6 Å². The third kappa shape index (κ3) is 3.57. The molecule has 8 nitrogen and oxygen atoms in total. The molecule has 1 aliphatic rings. The molecule has 1 saturated heterocycles. The van der Waals surface area contributed by atoms with Gasteiger partial charge >= 0.3 is 5.97 Å². The van der Waals surface area contributed by atoms with Gasteiger partial charge in [-0.2, -0.15) is 5.26 Å². The van der Waals surface area contributed by atoms with Crippen molar-refractivity contribution in [2.45, 2.75) is 31.8 Å². The van der Waals surface area contributed by atoms with Crippen LogP contribution in [0.25, 0.3) is 16.9 Å². The van der Waals surface area contributed by atoms with Crippen molar-refractivity contribution in [1.29, 1.82) is 5.26 Å². The van der Waals surface area contributed by atoms with Crippen LogP contribution in [-0.4, -0.2) is 46.4 Å². The Balaban J connectivity index is 1.75. The number of rotatable bonds is 4. The third-order valence-electron chi connectivity index (χ3n) is 5.18. The maximum atomic E-state index is 12.5. The van der Waals surface area contributed by atoms with Gasteiger partial charge in [0.1, 0.15) is 33.7 Å². The van der Waals surface area contributed by atoms with Gasteiger partial charge < -0.3 is 19.3 Å². The third-order valence-corrected chi connectivity index (χ3v) is 5.18. The minimum absolute atomic E-state index is 0.0294. The summed E-state index contributed by atoms with van der Waals surface area (Å²) in [7, 11) is 1.43. The summed E-state index contributed by atoms with van der Waals surface area (Å²) in [5.74, 6) is -0.711. The van der Waals surface area contributed by atoms with Gasteiger partial charge in [0, 0.05) is 11.8 Å². The summed E-state index contributed by atoms with van der Waals surface area (Å²) < 4.78 is 17.8. The van der Waals surface area contributed by atoms with Crippen LogP contribution in [0.5, 0.6) is 11.5 Å². The molecular weight excluding hydrogens is 398 g/mol. The Morgan fingerprint density at radius 3 is 2.65 bits per heavy atom. The van der Waals surface area contributed by atoms with Gasteiger partial charge in [-0.3, -0.25) is 4.40 Å². The summed E-state index contributed by atoms with van der Waals surface area (Å²) in [4.78, 5) is 17.0. The van der Waals surface area contributed by atoms with E-state index in [1.807, 2.05) is 22.7 Å². The van der Waals surface area contributed by atoms with Crippen molar-refractivity contribution in [3.63, 3.8) is 0 Å². The van der Waals surface area contributed by atoms with Crippen molar-refractivity contribution in [2.24, 2.45) is 0 Å². The van der Waals surface area contributed by atoms with Crippen LogP contribution in [0.2, 0.25) is 0 Å². The highest BCUT2D eigenvalue weighted by Gasteiger charge is 2.41. The van der Waals surface area contributed by atoms with Gasteiger partial charge in [-0.1, -0.05) is 0 Å². The largest absolute Gasteiger partial charge is 0.507 e. The molecule has 0 amide bonds. The Morgan fingerprint density at radius 2 is 2.06 bits per heavy atom. The minimum atomic E-state index is -0.709. The van der Waals surface area contributed by atoms with Gasteiger partial charge in [0.05, 0.1) is 38.3 Å². The van der Waals surface area contributed by atoms with Crippen molar-refractivity contribution in [3.8, 4) is 28.8 Å². The number of carbonyl (C=O) groups is 1. The topological polar surface area (TPSA) is 106 Å². The lowest BCUT2D eigenvalue weighted by molar-refractivity contribution is -0.0297. The molecule has 0 radical (unpaired) electrons. The quantitative estimate of drug-likeness (QED) is 0.643. The monoisotopic (exact) mass is 421 g/mol. The van der Waals surface area contributed by atoms with Crippen LogP contribution in [0.3, 0.4) is 0 Å². The van der Waals surface area contributed by atoms with E-state index in [0.717, 1.165) is 5.56 Å². The second-order valence-electron chi connectivity index (χ2n) is 8.55. The number of phenolic OH excluding ortho intramolecular Hbond substituents is 1. The molecule has 8 heteroatoms. The van der Waals surface area contributed by atoms with Crippen LogP contribution < -0.4 is 4.74 Å². The predicted octanol–water partition coefficient (Wildman–Crippen LogP) is 3.46. The average Bonchev–Trinajstić information content (AvgIpc) is 3.08.